The van der Waals surface area contributed by atoms with Crippen molar-refractivity contribution in [2.24, 2.45) is 12.0 Å². The molecule has 1 aromatic carbocycles. The van der Waals surface area contributed by atoms with E-state index in [2.05, 4.69) is 22.4 Å². The zero-order valence-electron chi connectivity index (χ0n) is 7.35. The molecule has 0 aliphatic carbocycles. The van der Waals surface area contributed by atoms with Crippen molar-refractivity contribution in [3.8, 4) is 0 Å². The van der Waals surface area contributed by atoms with Crippen LogP contribution in [-0.4, -0.2) is 9.73 Å². The van der Waals surface area contributed by atoms with E-state index in [0.29, 0.717) is 16.8 Å². The smallest absolute Gasteiger partial charge is 0.405 e. The van der Waals surface area contributed by atoms with Gasteiger partial charge in [0.05, 0.1) is 10.7 Å². The minimum Gasteiger partial charge on any atom is -0.405 e. The Balaban J connectivity index is 2.94. The molecule has 0 spiro atoms. The molecule has 70 valence electrons. The summed E-state index contributed by atoms with van der Waals surface area (Å²) in [6.07, 6.45) is 0. The monoisotopic (exact) mass is 206 g/mol. The average molecular weight is 206 g/mol. The fourth-order valence-electron chi connectivity index (χ4n) is 1.27. The van der Waals surface area contributed by atoms with Crippen LogP contribution in [0.2, 0.25) is 0 Å². The standard InChI is InChI=1S/C9H6N2O2S/c1-11-7-4-2-3-6(10-5-14)8(7)13-9(11)12/h2-4H,1H3. The van der Waals surface area contributed by atoms with Crippen LogP contribution in [-0.2, 0) is 7.05 Å². The minimum absolute atomic E-state index is 0.410. The van der Waals surface area contributed by atoms with E-state index in [1.54, 1.807) is 25.2 Å². The molecule has 0 aliphatic heterocycles. The summed E-state index contributed by atoms with van der Waals surface area (Å²) in [6.45, 7) is 0. The third kappa shape index (κ3) is 1.19. The lowest BCUT2D eigenvalue weighted by Crippen LogP contribution is -2.08. The molecule has 0 saturated carbocycles. The molecule has 1 aromatic heterocycles. The van der Waals surface area contributed by atoms with Gasteiger partial charge in [0.2, 0.25) is 0 Å². The van der Waals surface area contributed by atoms with E-state index in [9.17, 15) is 4.79 Å². The van der Waals surface area contributed by atoms with Crippen molar-refractivity contribution in [2.45, 2.75) is 0 Å². The first-order chi connectivity index (χ1) is 6.74. The summed E-state index contributed by atoms with van der Waals surface area (Å²) in [7, 11) is 1.64. The molecule has 0 unspecified atom stereocenters. The summed E-state index contributed by atoms with van der Waals surface area (Å²) < 4.78 is 6.42. The minimum atomic E-state index is -0.410. The van der Waals surface area contributed by atoms with Crippen LogP contribution >= 0.6 is 12.2 Å². The number of rotatable bonds is 1. The molecule has 4 nitrogen and oxygen atoms in total. The maximum absolute atomic E-state index is 11.2. The largest absolute Gasteiger partial charge is 0.419 e. The van der Waals surface area contributed by atoms with Gasteiger partial charge in [-0.1, -0.05) is 6.07 Å². The number of nitrogens with zero attached hydrogens (tertiary/aromatic N) is 2. The zero-order chi connectivity index (χ0) is 10.1. The summed E-state index contributed by atoms with van der Waals surface area (Å²) in [5.41, 5.74) is 1.66. The molecule has 0 saturated heterocycles. The van der Waals surface area contributed by atoms with Crippen molar-refractivity contribution in [2.75, 3.05) is 0 Å². The molecule has 0 amide bonds. The van der Waals surface area contributed by atoms with Gasteiger partial charge in [0.25, 0.3) is 0 Å². The van der Waals surface area contributed by atoms with Crippen LogP contribution in [0.15, 0.2) is 32.4 Å². The highest BCUT2D eigenvalue weighted by atomic mass is 32.1. The second-order valence-electron chi connectivity index (χ2n) is 2.76. The molecule has 0 atom stereocenters. The lowest BCUT2D eigenvalue weighted by Gasteiger charge is -1.92. The van der Waals surface area contributed by atoms with Gasteiger partial charge in [-0.3, -0.25) is 4.57 Å². The van der Waals surface area contributed by atoms with E-state index in [4.69, 9.17) is 4.42 Å². The Bertz CT molecular complexity index is 590. The van der Waals surface area contributed by atoms with E-state index in [1.165, 1.54) is 4.57 Å². The number of aliphatic imine (C=N–C) groups is 1. The summed E-state index contributed by atoms with van der Waals surface area (Å²) in [5, 5.41) is 2.24. The Kier molecular flexibility index (Phi) is 2.04. The maximum atomic E-state index is 11.2. The van der Waals surface area contributed by atoms with Gasteiger partial charge in [-0.25, -0.2) is 4.79 Å². The molecular formula is C9H6N2O2S. The number of hydrogen-bond acceptors (Lipinski definition) is 4. The lowest BCUT2D eigenvalue weighted by atomic mass is 10.3. The highest BCUT2D eigenvalue weighted by Crippen LogP contribution is 2.23. The number of thiocarbonyl (C=S) groups is 1. The molecule has 2 aromatic rings. The number of oxazole rings is 1. The van der Waals surface area contributed by atoms with Gasteiger partial charge < -0.3 is 4.42 Å². The third-order valence-corrected chi connectivity index (χ3v) is 2.06. The fraction of sp³-hybridized carbons (Fsp3) is 0.111. The number of hydrogen-bond donors (Lipinski definition) is 0. The molecule has 5 heteroatoms. The third-order valence-electron chi connectivity index (χ3n) is 1.96. The van der Waals surface area contributed by atoms with Crippen molar-refractivity contribution in [1.82, 2.24) is 4.57 Å². The number of isothiocyanates is 1. The molecule has 0 radical (unpaired) electrons. The molecule has 0 N–H and O–H groups in total. The van der Waals surface area contributed by atoms with Crippen LogP contribution < -0.4 is 5.76 Å². The summed E-state index contributed by atoms with van der Waals surface area (Å²) >= 11 is 4.49. The maximum Gasteiger partial charge on any atom is 0.419 e. The fourth-order valence-corrected chi connectivity index (χ4v) is 1.37. The van der Waals surface area contributed by atoms with E-state index in [0.717, 1.165) is 0 Å². The molecule has 14 heavy (non-hydrogen) atoms. The molecule has 2 rings (SSSR count). The zero-order valence-corrected chi connectivity index (χ0v) is 8.17. The SMILES string of the molecule is Cn1c(=O)oc2c(N=C=S)cccc21. The molecule has 1 heterocycles. The van der Waals surface area contributed by atoms with Crippen molar-refractivity contribution in [3.63, 3.8) is 0 Å². The number of aryl methyl sites for hydroxylation is 1. The Labute approximate surface area is 84.5 Å². The first-order valence-electron chi connectivity index (χ1n) is 3.90. The van der Waals surface area contributed by atoms with Crippen LogP contribution in [0.5, 0.6) is 0 Å². The number of benzene rings is 1. The Hall–Kier alpha value is -1.71. The normalized spacial score (nSPS) is 10.1. The van der Waals surface area contributed by atoms with Crippen molar-refractivity contribution >= 4 is 34.2 Å². The highest BCUT2D eigenvalue weighted by Gasteiger charge is 2.08. The van der Waals surface area contributed by atoms with Gasteiger partial charge in [0.1, 0.15) is 5.69 Å². The summed E-state index contributed by atoms with van der Waals surface area (Å²) in [4.78, 5) is 15.0. The van der Waals surface area contributed by atoms with Gasteiger partial charge >= 0.3 is 5.76 Å². The van der Waals surface area contributed by atoms with Crippen molar-refractivity contribution in [1.29, 1.82) is 0 Å². The summed E-state index contributed by atoms with van der Waals surface area (Å²) in [5.74, 6) is -0.410. The van der Waals surface area contributed by atoms with E-state index in [1.807, 2.05) is 0 Å². The number of aromatic nitrogens is 1. The van der Waals surface area contributed by atoms with Crippen LogP contribution in [0.25, 0.3) is 11.1 Å². The lowest BCUT2D eigenvalue weighted by molar-refractivity contribution is 0.528. The molecule has 0 bridgehead atoms. The van der Waals surface area contributed by atoms with Gasteiger partial charge in [-0.15, -0.1) is 0 Å². The highest BCUT2D eigenvalue weighted by molar-refractivity contribution is 7.78. The number of para-hydroxylation sites is 1. The Morgan fingerprint density at radius 2 is 2.36 bits per heavy atom. The van der Waals surface area contributed by atoms with Crippen LogP contribution in [0.3, 0.4) is 0 Å². The van der Waals surface area contributed by atoms with Gasteiger partial charge in [-0.2, -0.15) is 4.99 Å². The van der Waals surface area contributed by atoms with Gasteiger partial charge in [0, 0.05) is 7.05 Å². The van der Waals surface area contributed by atoms with Crippen molar-refractivity contribution < 1.29 is 4.42 Å². The molecular weight excluding hydrogens is 200 g/mol. The molecule has 0 fully saturated rings. The van der Waals surface area contributed by atoms with E-state index < -0.39 is 5.76 Å². The van der Waals surface area contributed by atoms with Crippen LogP contribution in [0.4, 0.5) is 5.69 Å². The average Bonchev–Trinajstić information content (AvgIpc) is 2.46. The second-order valence-corrected chi connectivity index (χ2v) is 2.94. The Morgan fingerprint density at radius 3 is 3.07 bits per heavy atom. The predicted octanol–water partition coefficient (Wildman–Crippen LogP) is 1.87. The second kappa shape index (κ2) is 3.21. The summed E-state index contributed by atoms with van der Waals surface area (Å²) in [6, 6.07) is 5.27. The van der Waals surface area contributed by atoms with Crippen LogP contribution in [0.1, 0.15) is 0 Å². The molecule has 0 aliphatic rings. The van der Waals surface area contributed by atoms with E-state index in [-0.39, 0.29) is 0 Å². The van der Waals surface area contributed by atoms with Crippen molar-refractivity contribution in [3.05, 3.63) is 28.7 Å². The van der Waals surface area contributed by atoms with Gasteiger partial charge in [0.15, 0.2) is 5.58 Å². The van der Waals surface area contributed by atoms with Gasteiger partial charge in [-0.05, 0) is 24.4 Å². The quantitative estimate of drug-likeness (QED) is 0.528. The topological polar surface area (TPSA) is 47.5 Å². The number of fused-ring (bicyclic) bond motifs is 1. The predicted molar refractivity (Wildman–Crippen MR) is 56.1 cm³/mol. The van der Waals surface area contributed by atoms with E-state index >= 15 is 0 Å². The first-order valence-corrected chi connectivity index (χ1v) is 4.31. The van der Waals surface area contributed by atoms with Crippen LogP contribution in [0, 0.1) is 0 Å². The first kappa shape index (κ1) is 8.87. The Morgan fingerprint density at radius 1 is 1.57 bits per heavy atom.